The van der Waals surface area contributed by atoms with Crippen molar-refractivity contribution in [1.29, 1.82) is 5.26 Å². The summed E-state index contributed by atoms with van der Waals surface area (Å²) < 4.78 is 4.87. The summed E-state index contributed by atoms with van der Waals surface area (Å²) in [5.41, 5.74) is 0.322. The third kappa shape index (κ3) is 3.20. The van der Waals surface area contributed by atoms with Gasteiger partial charge >= 0.3 is 5.69 Å². The molecule has 1 aromatic rings. The van der Waals surface area contributed by atoms with Crippen LogP contribution < -0.4 is 4.74 Å². The van der Waals surface area contributed by atoms with Gasteiger partial charge in [0.15, 0.2) is 5.75 Å². The van der Waals surface area contributed by atoms with Crippen molar-refractivity contribution in [3.05, 3.63) is 38.9 Å². The number of ether oxygens (including phenoxy) is 1. The van der Waals surface area contributed by atoms with Gasteiger partial charge in [-0.15, -0.1) is 0 Å². The summed E-state index contributed by atoms with van der Waals surface area (Å²) in [6.07, 6.45) is 3.37. The molecule has 0 unspecified atom stereocenters. The standard InChI is InChI=1S/C11H9ClN2O3/c1-17-11-7-9(12)8(4-2-3-5-13)6-10(11)14(15)16/h2,4,6-7H,3H2,1H3. The average Bonchev–Trinajstić information content (AvgIpc) is 2.30. The van der Waals surface area contributed by atoms with Gasteiger partial charge in [0.1, 0.15) is 0 Å². The maximum atomic E-state index is 10.8. The summed E-state index contributed by atoms with van der Waals surface area (Å²) in [4.78, 5) is 10.2. The van der Waals surface area contributed by atoms with Gasteiger partial charge in [0.05, 0.1) is 29.5 Å². The zero-order valence-corrected chi connectivity index (χ0v) is 9.77. The second kappa shape index (κ2) is 5.87. The Morgan fingerprint density at radius 3 is 2.88 bits per heavy atom. The van der Waals surface area contributed by atoms with Crippen LogP contribution in [0.1, 0.15) is 12.0 Å². The molecule has 88 valence electrons. The minimum atomic E-state index is -0.545. The Labute approximate surface area is 103 Å². The first-order valence-electron chi connectivity index (χ1n) is 4.65. The molecule has 0 amide bonds. The van der Waals surface area contributed by atoms with Crippen LogP contribution in [-0.4, -0.2) is 12.0 Å². The summed E-state index contributed by atoms with van der Waals surface area (Å²) in [6, 6.07) is 4.62. The minimum absolute atomic E-state index is 0.109. The molecule has 1 aromatic carbocycles. The highest BCUT2D eigenvalue weighted by molar-refractivity contribution is 6.32. The lowest BCUT2D eigenvalue weighted by Gasteiger charge is -2.04. The van der Waals surface area contributed by atoms with E-state index in [4.69, 9.17) is 21.6 Å². The molecule has 0 aliphatic carbocycles. The van der Waals surface area contributed by atoms with E-state index in [-0.39, 0.29) is 17.9 Å². The molecule has 0 aromatic heterocycles. The van der Waals surface area contributed by atoms with Crippen molar-refractivity contribution in [3.8, 4) is 11.8 Å². The Morgan fingerprint density at radius 2 is 2.35 bits per heavy atom. The van der Waals surface area contributed by atoms with Gasteiger partial charge in [-0.3, -0.25) is 10.1 Å². The molecule has 0 atom stereocenters. The maximum absolute atomic E-state index is 10.8. The average molecular weight is 253 g/mol. The van der Waals surface area contributed by atoms with Crippen LogP contribution in [0.15, 0.2) is 18.2 Å². The van der Waals surface area contributed by atoms with E-state index in [2.05, 4.69) is 0 Å². The van der Waals surface area contributed by atoms with Gasteiger partial charge in [-0.25, -0.2) is 0 Å². The molecule has 0 radical (unpaired) electrons. The number of methoxy groups -OCH3 is 1. The molecule has 0 saturated carbocycles. The van der Waals surface area contributed by atoms with Crippen LogP contribution in [0.2, 0.25) is 5.02 Å². The van der Waals surface area contributed by atoms with Gasteiger partial charge in [0.25, 0.3) is 0 Å². The van der Waals surface area contributed by atoms with Crippen molar-refractivity contribution >= 4 is 23.4 Å². The smallest absolute Gasteiger partial charge is 0.311 e. The molecule has 0 heterocycles. The molecule has 5 nitrogen and oxygen atoms in total. The number of halogens is 1. The van der Waals surface area contributed by atoms with Crippen molar-refractivity contribution in [2.24, 2.45) is 0 Å². The molecule has 0 aliphatic rings. The summed E-state index contributed by atoms with van der Waals surface area (Å²) in [7, 11) is 1.34. The normalized spacial score (nSPS) is 10.2. The third-order valence-corrected chi connectivity index (χ3v) is 2.33. The third-order valence-electron chi connectivity index (χ3n) is 2.00. The molecule has 1 rings (SSSR count). The van der Waals surface area contributed by atoms with Crippen LogP contribution in [0.3, 0.4) is 0 Å². The number of allylic oxidation sites excluding steroid dienone is 1. The number of hydrogen-bond donors (Lipinski definition) is 0. The van der Waals surface area contributed by atoms with Crippen molar-refractivity contribution in [1.82, 2.24) is 0 Å². The highest BCUT2D eigenvalue weighted by atomic mass is 35.5. The van der Waals surface area contributed by atoms with E-state index in [1.54, 1.807) is 12.2 Å². The lowest BCUT2D eigenvalue weighted by Crippen LogP contribution is -1.94. The van der Waals surface area contributed by atoms with Crippen LogP contribution in [0, 0.1) is 21.4 Å². The quantitative estimate of drug-likeness (QED) is 0.609. The summed E-state index contributed by atoms with van der Waals surface area (Å²) in [6.45, 7) is 0. The molecular weight excluding hydrogens is 244 g/mol. The Balaban J connectivity index is 3.20. The molecule has 0 saturated heterocycles. The fourth-order valence-electron chi connectivity index (χ4n) is 1.23. The van der Waals surface area contributed by atoms with Gasteiger partial charge in [0.2, 0.25) is 0 Å². The topological polar surface area (TPSA) is 76.2 Å². The number of nitro groups is 1. The summed E-state index contributed by atoms with van der Waals surface area (Å²) >= 11 is 5.93. The molecule has 0 aliphatic heterocycles. The van der Waals surface area contributed by atoms with Gasteiger partial charge in [-0.2, -0.15) is 5.26 Å². The van der Waals surface area contributed by atoms with E-state index >= 15 is 0 Å². The molecule has 0 spiro atoms. The monoisotopic (exact) mass is 252 g/mol. The van der Waals surface area contributed by atoms with Crippen LogP contribution >= 0.6 is 11.6 Å². The lowest BCUT2D eigenvalue weighted by atomic mass is 10.1. The molecule has 0 N–H and O–H groups in total. The van der Waals surface area contributed by atoms with Gasteiger partial charge in [0, 0.05) is 12.1 Å². The van der Waals surface area contributed by atoms with E-state index in [0.717, 1.165) is 0 Å². The summed E-state index contributed by atoms with van der Waals surface area (Å²) in [5, 5.41) is 19.5. The van der Waals surface area contributed by atoms with Crippen LogP contribution in [0.5, 0.6) is 5.75 Å². The predicted octanol–water partition coefficient (Wildman–Crippen LogP) is 3.18. The van der Waals surface area contributed by atoms with Crippen molar-refractivity contribution < 1.29 is 9.66 Å². The molecule has 17 heavy (non-hydrogen) atoms. The van der Waals surface area contributed by atoms with E-state index in [0.29, 0.717) is 10.6 Å². The maximum Gasteiger partial charge on any atom is 0.311 e. The number of nitro benzene ring substituents is 1. The predicted molar refractivity (Wildman–Crippen MR) is 63.9 cm³/mol. The second-order valence-corrected chi connectivity index (χ2v) is 3.47. The zero-order valence-electron chi connectivity index (χ0n) is 9.01. The molecule has 0 bridgehead atoms. The number of hydrogen-bond acceptors (Lipinski definition) is 4. The van der Waals surface area contributed by atoms with E-state index < -0.39 is 4.92 Å². The Morgan fingerprint density at radius 1 is 1.65 bits per heavy atom. The Hall–Kier alpha value is -2.06. The SMILES string of the molecule is COc1cc(Cl)c(C=CCC#N)cc1[N+](=O)[O-]. The molecular formula is C11H9ClN2O3. The number of rotatable bonds is 4. The fraction of sp³-hybridized carbons (Fsp3) is 0.182. The first-order chi connectivity index (χ1) is 8.10. The van der Waals surface area contributed by atoms with Crippen molar-refractivity contribution in [3.63, 3.8) is 0 Å². The summed E-state index contributed by atoms with van der Waals surface area (Å²) in [5.74, 6) is 0.109. The van der Waals surface area contributed by atoms with E-state index in [1.165, 1.54) is 19.2 Å². The first kappa shape index (κ1) is 13.0. The lowest BCUT2D eigenvalue weighted by molar-refractivity contribution is -0.385. The van der Waals surface area contributed by atoms with Crippen LogP contribution in [0.25, 0.3) is 6.08 Å². The number of nitrogens with zero attached hydrogens (tertiary/aromatic N) is 2. The Kier molecular flexibility index (Phi) is 4.49. The van der Waals surface area contributed by atoms with Crippen molar-refractivity contribution in [2.45, 2.75) is 6.42 Å². The zero-order chi connectivity index (χ0) is 12.8. The van der Waals surface area contributed by atoms with Gasteiger partial charge in [-0.1, -0.05) is 23.8 Å². The molecule has 6 heteroatoms. The van der Waals surface area contributed by atoms with Crippen LogP contribution in [0.4, 0.5) is 5.69 Å². The van der Waals surface area contributed by atoms with E-state index in [9.17, 15) is 10.1 Å². The van der Waals surface area contributed by atoms with Crippen LogP contribution in [-0.2, 0) is 0 Å². The number of benzene rings is 1. The second-order valence-electron chi connectivity index (χ2n) is 3.07. The van der Waals surface area contributed by atoms with Gasteiger partial charge < -0.3 is 4.74 Å². The highest BCUT2D eigenvalue weighted by Crippen LogP contribution is 2.33. The van der Waals surface area contributed by atoms with Crippen molar-refractivity contribution in [2.75, 3.05) is 7.11 Å². The van der Waals surface area contributed by atoms with Gasteiger partial charge in [-0.05, 0) is 5.56 Å². The first-order valence-corrected chi connectivity index (χ1v) is 5.03. The van der Waals surface area contributed by atoms with E-state index in [1.807, 2.05) is 6.07 Å². The number of nitriles is 1. The largest absolute Gasteiger partial charge is 0.490 e. The molecule has 0 fully saturated rings. The Bertz CT molecular complexity index is 506. The highest BCUT2D eigenvalue weighted by Gasteiger charge is 2.17. The fourth-order valence-corrected chi connectivity index (χ4v) is 1.45. The minimum Gasteiger partial charge on any atom is -0.490 e.